The zero-order valence-electron chi connectivity index (χ0n) is 13.0. The van der Waals surface area contributed by atoms with Gasteiger partial charge in [-0.15, -0.1) is 0 Å². The fourth-order valence-corrected chi connectivity index (χ4v) is 2.87. The molecular formula is C18H19FN2O2. The maximum absolute atomic E-state index is 13.1. The van der Waals surface area contributed by atoms with Crippen molar-refractivity contribution in [2.24, 2.45) is 13.0 Å². The van der Waals surface area contributed by atoms with E-state index in [2.05, 4.69) is 5.32 Å². The highest BCUT2D eigenvalue weighted by atomic mass is 19.1. The summed E-state index contributed by atoms with van der Waals surface area (Å²) in [5.41, 5.74) is 1.20. The van der Waals surface area contributed by atoms with Gasteiger partial charge in [-0.3, -0.25) is 9.59 Å². The van der Waals surface area contributed by atoms with Crippen LogP contribution in [0.4, 0.5) is 4.39 Å². The minimum absolute atomic E-state index is 0.130. The molecule has 2 aromatic rings. The molecule has 0 unspecified atom stereocenters. The summed E-state index contributed by atoms with van der Waals surface area (Å²) in [6, 6.07) is 9.05. The lowest BCUT2D eigenvalue weighted by molar-refractivity contribution is 0.0900. The lowest BCUT2D eigenvalue weighted by Crippen LogP contribution is -2.36. The molecule has 1 aromatic heterocycles. The number of halogens is 1. The molecule has 1 heterocycles. The summed E-state index contributed by atoms with van der Waals surface area (Å²) in [4.78, 5) is 23.9. The van der Waals surface area contributed by atoms with Crippen LogP contribution in [0.15, 0.2) is 47.4 Å². The number of hydrogen-bond donors (Lipinski definition) is 1. The summed E-state index contributed by atoms with van der Waals surface area (Å²) in [6.45, 7) is 0. The number of nitrogens with one attached hydrogen (secondary N) is 1. The van der Waals surface area contributed by atoms with Crippen molar-refractivity contribution in [3.05, 3.63) is 69.9 Å². The zero-order chi connectivity index (χ0) is 16.4. The van der Waals surface area contributed by atoms with Gasteiger partial charge in [-0.1, -0.05) is 18.6 Å². The van der Waals surface area contributed by atoms with Gasteiger partial charge in [-0.2, -0.15) is 0 Å². The number of nitrogens with zero attached hydrogens (tertiary/aromatic N) is 1. The number of amides is 1. The normalized spacial score (nSPS) is 15.7. The van der Waals surface area contributed by atoms with Crippen LogP contribution in [-0.2, 0) is 7.05 Å². The first-order valence-electron chi connectivity index (χ1n) is 7.77. The fraction of sp³-hybridized carbons (Fsp3) is 0.333. The average molecular weight is 314 g/mol. The second-order valence-corrected chi connectivity index (χ2v) is 6.06. The van der Waals surface area contributed by atoms with Gasteiger partial charge >= 0.3 is 0 Å². The van der Waals surface area contributed by atoms with Crippen molar-refractivity contribution in [1.82, 2.24) is 9.88 Å². The summed E-state index contributed by atoms with van der Waals surface area (Å²) in [5, 5.41) is 3.04. The predicted molar refractivity (Wildman–Crippen MR) is 85.6 cm³/mol. The molecule has 1 N–H and O–H groups in total. The maximum atomic E-state index is 13.1. The summed E-state index contributed by atoms with van der Waals surface area (Å²) in [5.74, 6) is -0.135. The summed E-state index contributed by atoms with van der Waals surface area (Å²) in [6.07, 6.45) is 4.78. The molecule has 0 radical (unpaired) electrons. The Labute approximate surface area is 134 Å². The molecule has 0 aliphatic heterocycles. The molecule has 4 nitrogen and oxygen atoms in total. The standard InChI is InChI=1S/C18H19FN2O2/c1-21-11-14(7-10-16(21)22)18(23)20-17(12-3-2-4-12)13-5-8-15(19)9-6-13/h5-12,17H,2-4H2,1H3,(H,20,23)/t17-/m1/s1. The van der Waals surface area contributed by atoms with Crippen LogP contribution in [0.25, 0.3) is 0 Å². The van der Waals surface area contributed by atoms with Crippen molar-refractivity contribution in [3.63, 3.8) is 0 Å². The van der Waals surface area contributed by atoms with Crippen LogP contribution in [0.3, 0.4) is 0 Å². The van der Waals surface area contributed by atoms with E-state index in [0.717, 1.165) is 24.8 Å². The predicted octanol–water partition coefficient (Wildman–Crippen LogP) is 2.80. The Morgan fingerprint density at radius 2 is 1.91 bits per heavy atom. The van der Waals surface area contributed by atoms with Crippen molar-refractivity contribution in [2.75, 3.05) is 0 Å². The molecule has 1 amide bonds. The summed E-state index contributed by atoms with van der Waals surface area (Å²) < 4.78 is 14.5. The number of carbonyl (C=O) groups excluding carboxylic acids is 1. The Kier molecular flexibility index (Phi) is 4.28. The SMILES string of the molecule is Cn1cc(C(=O)N[C@@H](c2ccc(F)cc2)C2CCC2)ccc1=O. The number of hydrogen-bond acceptors (Lipinski definition) is 2. The van der Waals surface area contributed by atoms with Gasteiger partial charge in [0.05, 0.1) is 11.6 Å². The van der Waals surface area contributed by atoms with Crippen molar-refractivity contribution < 1.29 is 9.18 Å². The van der Waals surface area contributed by atoms with E-state index >= 15 is 0 Å². The molecule has 1 aromatic carbocycles. The van der Waals surface area contributed by atoms with E-state index in [4.69, 9.17) is 0 Å². The lowest BCUT2D eigenvalue weighted by atomic mass is 9.77. The van der Waals surface area contributed by atoms with Crippen molar-refractivity contribution in [3.8, 4) is 0 Å². The van der Waals surface area contributed by atoms with E-state index in [-0.39, 0.29) is 23.3 Å². The average Bonchev–Trinajstić information content (AvgIpc) is 2.48. The molecule has 0 bridgehead atoms. The van der Waals surface area contributed by atoms with E-state index in [1.54, 1.807) is 19.2 Å². The van der Waals surface area contributed by atoms with Gasteiger partial charge in [-0.25, -0.2) is 4.39 Å². The molecule has 0 saturated heterocycles. The zero-order valence-corrected chi connectivity index (χ0v) is 13.0. The number of pyridine rings is 1. The number of aryl methyl sites for hydroxylation is 1. The molecule has 1 fully saturated rings. The Balaban J connectivity index is 1.83. The summed E-state index contributed by atoms with van der Waals surface area (Å²) in [7, 11) is 1.61. The first-order valence-corrected chi connectivity index (χ1v) is 7.77. The molecule has 1 aliphatic carbocycles. The molecular weight excluding hydrogens is 295 g/mol. The van der Waals surface area contributed by atoms with Gasteiger partial charge in [0, 0.05) is 19.3 Å². The molecule has 5 heteroatoms. The number of carbonyl (C=O) groups is 1. The van der Waals surface area contributed by atoms with Crippen LogP contribution in [-0.4, -0.2) is 10.5 Å². The highest BCUT2D eigenvalue weighted by molar-refractivity contribution is 5.94. The topological polar surface area (TPSA) is 51.1 Å². The van der Waals surface area contributed by atoms with E-state index in [9.17, 15) is 14.0 Å². The van der Waals surface area contributed by atoms with Crippen LogP contribution < -0.4 is 10.9 Å². The quantitative estimate of drug-likeness (QED) is 0.943. The second kappa shape index (κ2) is 6.36. The van der Waals surface area contributed by atoms with Crippen LogP contribution in [0.2, 0.25) is 0 Å². The minimum Gasteiger partial charge on any atom is -0.345 e. The van der Waals surface area contributed by atoms with Crippen LogP contribution in [0, 0.1) is 11.7 Å². The minimum atomic E-state index is -0.287. The third-order valence-electron chi connectivity index (χ3n) is 4.48. The van der Waals surface area contributed by atoms with Crippen LogP contribution in [0.1, 0.15) is 41.2 Å². The van der Waals surface area contributed by atoms with Crippen LogP contribution in [0.5, 0.6) is 0 Å². The molecule has 23 heavy (non-hydrogen) atoms. The highest BCUT2D eigenvalue weighted by Crippen LogP contribution is 2.37. The van der Waals surface area contributed by atoms with E-state index in [1.807, 2.05) is 0 Å². The van der Waals surface area contributed by atoms with Crippen LogP contribution >= 0.6 is 0 Å². The highest BCUT2D eigenvalue weighted by Gasteiger charge is 2.30. The Bertz CT molecular complexity index is 763. The first kappa shape index (κ1) is 15.5. The maximum Gasteiger partial charge on any atom is 0.253 e. The number of benzene rings is 1. The fourth-order valence-electron chi connectivity index (χ4n) is 2.87. The third kappa shape index (κ3) is 3.33. The molecule has 1 aliphatic rings. The van der Waals surface area contributed by atoms with Gasteiger partial charge in [0.25, 0.3) is 5.91 Å². The monoisotopic (exact) mass is 314 g/mol. The lowest BCUT2D eigenvalue weighted by Gasteiger charge is -2.34. The smallest absolute Gasteiger partial charge is 0.253 e. The molecule has 0 spiro atoms. The van der Waals surface area contributed by atoms with Gasteiger partial charge in [0.2, 0.25) is 5.56 Å². The summed E-state index contributed by atoms with van der Waals surface area (Å²) >= 11 is 0. The van der Waals surface area contributed by atoms with Gasteiger partial charge in [-0.05, 0) is 42.5 Å². The Morgan fingerprint density at radius 1 is 1.22 bits per heavy atom. The van der Waals surface area contributed by atoms with E-state index in [1.165, 1.54) is 35.0 Å². The van der Waals surface area contributed by atoms with E-state index < -0.39 is 0 Å². The number of rotatable bonds is 4. The first-order chi connectivity index (χ1) is 11.0. The van der Waals surface area contributed by atoms with Crippen molar-refractivity contribution in [2.45, 2.75) is 25.3 Å². The largest absolute Gasteiger partial charge is 0.345 e. The molecule has 1 atom stereocenters. The third-order valence-corrected chi connectivity index (χ3v) is 4.48. The molecule has 3 rings (SSSR count). The van der Waals surface area contributed by atoms with E-state index in [0.29, 0.717) is 11.5 Å². The van der Waals surface area contributed by atoms with Gasteiger partial charge < -0.3 is 9.88 Å². The molecule has 120 valence electrons. The van der Waals surface area contributed by atoms with Crippen molar-refractivity contribution in [1.29, 1.82) is 0 Å². The van der Waals surface area contributed by atoms with Gasteiger partial charge in [0.1, 0.15) is 5.82 Å². The van der Waals surface area contributed by atoms with Gasteiger partial charge in [0.15, 0.2) is 0 Å². The molecule has 1 saturated carbocycles. The van der Waals surface area contributed by atoms with Crippen molar-refractivity contribution >= 4 is 5.91 Å². The second-order valence-electron chi connectivity index (χ2n) is 6.06. The Morgan fingerprint density at radius 3 is 2.48 bits per heavy atom. The Hall–Kier alpha value is -2.43. The number of aromatic nitrogens is 1.